The summed E-state index contributed by atoms with van der Waals surface area (Å²) < 4.78 is 0. The molecule has 0 aromatic heterocycles. The van der Waals surface area contributed by atoms with E-state index in [9.17, 15) is 9.59 Å². The summed E-state index contributed by atoms with van der Waals surface area (Å²) in [5.74, 6) is 0.170. The van der Waals surface area contributed by atoms with E-state index < -0.39 is 12.0 Å². The van der Waals surface area contributed by atoms with Crippen molar-refractivity contribution in [1.82, 2.24) is 4.90 Å². The van der Waals surface area contributed by atoms with Crippen LogP contribution in [0.25, 0.3) is 0 Å². The van der Waals surface area contributed by atoms with Crippen molar-refractivity contribution in [2.45, 2.75) is 31.6 Å². The number of thioether (sulfide) groups is 1. The number of aryl methyl sites for hydroxylation is 1. The first-order valence-corrected chi connectivity index (χ1v) is 7.89. The number of carboxylic acid groups (broad SMARTS) is 1. The van der Waals surface area contributed by atoms with Crippen LogP contribution in [0.3, 0.4) is 0 Å². The van der Waals surface area contributed by atoms with Crippen LogP contribution in [0.15, 0.2) is 24.3 Å². The molecule has 0 saturated carbocycles. The quantitative estimate of drug-likeness (QED) is 0.905. The number of hydrogen-bond acceptors (Lipinski definition) is 3. The maximum Gasteiger partial charge on any atom is 0.326 e. The van der Waals surface area contributed by atoms with Gasteiger partial charge in [0, 0.05) is 12.3 Å². The van der Waals surface area contributed by atoms with Crippen LogP contribution in [-0.4, -0.2) is 40.2 Å². The van der Waals surface area contributed by atoms with E-state index in [-0.39, 0.29) is 5.91 Å². The molecule has 20 heavy (non-hydrogen) atoms. The van der Waals surface area contributed by atoms with E-state index in [4.69, 9.17) is 5.11 Å². The van der Waals surface area contributed by atoms with Crippen LogP contribution in [0.2, 0.25) is 0 Å². The molecule has 0 unspecified atom stereocenters. The highest BCUT2D eigenvalue weighted by Gasteiger charge is 2.33. The van der Waals surface area contributed by atoms with Gasteiger partial charge in [-0.05, 0) is 25.3 Å². The van der Waals surface area contributed by atoms with Gasteiger partial charge in [-0.25, -0.2) is 4.79 Å². The van der Waals surface area contributed by atoms with Crippen LogP contribution in [0, 0.1) is 6.92 Å². The number of carboxylic acids is 1. The van der Waals surface area contributed by atoms with Crippen molar-refractivity contribution < 1.29 is 14.7 Å². The molecule has 108 valence electrons. The molecule has 1 aromatic carbocycles. The van der Waals surface area contributed by atoms with Crippen LogP contribution >= 0.6 is 11.8 Å². The predicted molar refractivity (Wildman–Crippen MR) is 79.7 cm³/mol. The first kappa shape index (κ1) is 14.9. The van der Waals surface area contributed by atoms with E-state index in [0.29, 0.717) is 18.7 Å². The maximum atomic E-state index is 12.1. The van der Waals surface area contributed by atoms with Gasteiger partial charge in [-0.2, -0.15) is 0 Å². The summed E-state index contributed by atoms with van der Waals surface area (Å²) in [6.07, 6.45) is 1.36. The van der Waals surface area contributed by atoms with Crippen LogP contribution in [0.4, 0.5) is 0 Å². The predicted octanol–water partition coefficient (Wildman–Crippen LogP) is 2.30. The van der Waals surface area contributed by atoms with Gasteiger partial charge in [-0.15, -0.1) is 11.8 Å². The molecule has 0 radical (unpaired) electrons. The van der Waals surface area contributed by atoms with Crippen molar-refractivity contribution in [1.29, 1.82) is 0 Å². The molecule has 1 N–H and O–H groups in total. The molecule has 1 aliphatic heterocycles. The minimum Gasteiger partial charge on any atom is -0.480 e. The fraction of sp³-hybridized carbons (Fsp3) is 0.467. The highest BCUT2D eigenvalue weighted by molar-refractivity contribution is 7.99. The molecule has 1 aromatic rings. The summed E-state index contributed by atoms with van der Waals surface area (Å²) in [5.41, 5.74) is 2.40. The van der Waals surface area contributed by atoms with Gasteiger partial charge >= 0.3 is 5.97 Å². The minimum atomic E-state index is -0.889. The third-order valence-corrected chi connectivity index (χ3v) is 4.42. The van der Waals surface area contributed by atoms with Crippen molar-refractivity contribution in [3.8, 4) is 0 Å². The zero-order chi connectivity index (χ0) is 14.5. The number of carbonyl (C=O) groups is 2. The Hall–Kier alpha value is -1.49. The summed E-state index contributed by atoms with van der Waals surface area (Å²) in [7, 11) is 0. The molecule has 1 aliphatic rings. The highest BCUT2D eigenvalue weighted by atomic mass is 32.2. The van der Waals surface area contributed by atoms with E-state index in [0.717, 1.165) is 12.2 Å². The lowest BCUT2D eigenvalue weighted by atomic mass is 10.2. The normalized spacial score (nSPS) is 18.2. The molecule has 4 nitrogen and oxygen atoms in total. The van der Waals surface area contributed by atoms with Crippen molar-refractivity contribution >= 4 is 23.6 Å². The van der Waals surface area contributed by atoms with Crippen molar-refractivity contribution in [2.24, 2.45) is 0 Å². The Kier molecular flexibility index (Phi) is 5.06. The molecular weight excluding hydrogens is 274 g/mol. The molecule has 0 aliphatic carbocycles. The average molecular weight is 293 g/mol. The zero-order valence-corrected chi connectivity index (χ0v) is 12.4. The number of rotatable bonds is 5. The van der Waals surface area contributed by atoms with E-state index in [1.807, 2.05) is 25.1 Å². The Bertz CT molecular complexity index is 504. The van der Waals surface area contributed by atoms with E-state index in [2.05, 4.69) is 6.07 Å². The SMILES string of the molecule is Cc1cccc(CSCC(=O)N2CCC[C@H]2C(=O)O)c1. The number of carbonyl (C=O) groups excluding carboxylic acids is 1. The van der Waals surface area contributed by atoms with E-state index >= 15 is 0 Å². The van der Waals surface area contributed by atoms with Gasteiger partial charge < -0.3 is 10.0 Å². The van der Waals surface area contributed by atoms with Crippen LogP contribution in [0.5, 0.6) is 0 Å². The van der Waals surface area contributed by atoms with Crippen LogP contribution in [0.1, 0.15) is 24.0 Å². The lowest BCUT2D eigenvalue weighted by Gasteiger charge is -2.21. The second kappa shape index (κ2) is 6.79. The molecule has 1 fully saturated rings. The Morgan fingerprint density at radius 2 is 2.25 bits per heavy atom. The first-order chi connectivity index (χ1) is 9.58. The van der Waals surface area contributed by atoms with Gasteiger partial charge in [-0.1, -0.05) is 29.8 Å². The Morgan fingerprint density at radius 3 is 2.95 bits per heavy atom. The van der Waals surface area contributed by atoms with Crippen LogP contribution in [-0.2, 0) is 15.3 Å². The topological polar surface area (TPSA) is 57.6 Å². The Labute approximate surface area is 123 Å². The standard InChI is InChI=1S/C15H19NO3S/c1-11-4-2-5-12(8-11)9-20-10-14(17)16-7-3-6-13(16)15(18)19/h2,4-5,8,13H,3,6-7,9-10H2,1H3,(H,18,19)/t13-/m0/s1. The summed E-state index contributed by atoms with van der Waals surface area (Å²) in [4.78, 5) is 24.6. The largest absolute Gasteiger partial charge is 0.480 e. The maximum absolute atomic E-state index is 12.1. The summed E-state index contributed by atoms with van der Waals surface area (Å²) >= 11 is 1.54. The third kappa shape index (κ3) is 3.76. The van der Waals surface area contributed by atoms with Gasteiger partial charge in [0.05, 0.1) is 5.75 Å². The molecular formula is C15H19NO3S. The zero-order valence-electron chi connectivity index (χ0n) is 11.5. The number of nitrogens with zero attached hydrogens (tertiary/aromatic N) is 1. The minimum absolute atomic E-state index is 0.0625. The molecule has 0 bridgehead atoms. The fourth-order valence-electron chi connectivity index (χ4n) is 2.46. The van der Waals surface area contributed by atoms with Gasteiger partial charge in [0.1, 0.15) is 6.04 Å². The average Bonchev–Trinajstić information content (AvgIpc) is 2.88. The van der Waals surface area contributed by atoms with Crippen molar-refractivity contribution in [2.75, 3.05) is 12.3 Å². The number of aliphatic carboxylic acids is 1. The fourth-order valence-corrected chi connectivity index (χ4v) is 3.32. The Balaban J connectivity index is 1.82. The monoisotopic (exact) mass is 293 g/mol. The third-order valence-electron chi connectivity index (χ3n) is 3.43. The lowest BCUT2D eigenvalue weighted by molar-refractivity contribution is -0.147. The number of likely N-dealkylation sites (tertiary alicyclic amines) is 1. The summed E-state index contributed by atoms with van der Waals surface area (Å²) in [5, 5.41) is 9.07. The van der Waals surface area contributed by atoms with Gasteiger partial charge in [0.2, 0.25) is 5.91 Å². The van der Waals surface area contributed by atoms with Gasteiger partial charge in [0.25, 0.3) is 0 Å². The molecule has 1 amide bonds. The van der Waals surface area contributed by atoms with Gasteiger partial charge in [0.15, 0.2) is 0 Å². The van der Waals surface area contributed by atoms with Crippen molar-refractivity contribution in [3.63, 3.8) is 0 Å². The molecule has 0 spiro atoms. The molecule has 2 rings (SSSR count). The van der Waals surface area contributed by atoms with E-state index in [1.165, 1.54) is 27.8 Å². The number of amides is 1. The highest BCUT2D eigenvalue weighted by Crippen LogP contribution is 2.20. The number of benzene rings is 1. The Morgan fingerprint density at radius 1 is 1.45 bits per heavy atom. The van der Waals surface area contributed by atoms with Gasteiger partial charge in [-0.3, -0.25) is 4.79 Å². The molecule has 1 heterocycles. The smallest absolute Gasteiger partial charge is 0.326 e. The number of hydrogen-bond donors (Lipinski definition) is 1. The molecule has 1 atom stereocenters. The second-order valence-corrected chi connectivity index (χ2v) is 6.05. The van der Waals surface area contributed by atoms with E-state index in [1.54, 1.807) is 0 Å². The molecule has 1 saturated heterocycles. The first-order valence-electron chi connectivity index (χ1n) is 6.73. The lowest BCUT2D eigenvalue weighted by Crippen LogP contribution is -2.41. The van der Waals surface area contributed by atoms with Crippen LogP contribution < -0.4 is 0 Å². The second-order valence-electron chi connectivity index (χ2n) is 5.07. The van der Waals surface area contributed by atoms with Crippen molar-refractivity contribution in [3.05, 3.63) is 35.4 Å². The summed E-state index contributed by atoms with van der Waals surface area (Å²) in [6, 6.07) is 7.57. The summed E-state index contributed by atoms with van der Waals surface area (Å²) in [6.45, 7) is 2.61. The molecule has 5 heteroatoms.